The van der Waals surface area contributed by atoms with Crippen molar-refractivity contribution in [3.05, 3.63) is 88.7 Å². The molecule has 3 aromatic rings. The summed E-state index contributed by atoms with van der Waals surface area (Å²) in [4.78, 5) is 11.2. The number of hydrogen-bond donors (Lipinski definition) is 1. The fourth-order valence-corrected chi connectivity index (χ4v) is 2.79. The van der Waals surface area contributed by atoms with Gasteiger partial charge in [-0.15, -0.1) is 0 Å². The second-order valence-corrected chi connectivity index (χ2v) is 6.20. The number of halogens is 2. The Hall–Kier alpha value is -2.85. The Labute approximate surface area is 155 Å². The second kappa shape index (κ2) is 8.02. The molecule has 3 nitrogen and oxygen atoms in total. The molecule has 26 heavy (non-hydrogen) atoms. The largest absolute Gasteiger partial charge is 0.489 e. The number of ether oxygens (including phenoxy) is 1. The number of carboxylic acid groups (broad SMARTS) is 1. The van der Waals surface area contributed by atoms with Crippen molar-refractivity contribution in [2.45, 2.75) is 13.0 Å². The SMILES string of the molecule is O=C(O)Cc1cc(-c2ccc(F)c(Cl)c2)ccc1OCc1ccccc1. The molecule has 0 saturated heterocycles. The zero-order valence-electron chi connectivity index (χ0n) is 13.8. The summed E-state index contributed by atoms with van der Waals surface area (Å²) in [5, 5.41) is 9.21. The first-order chi connectivity index (χ1) is 12.5. The molecule has 0 amide bonds. The van der Waals surface area contributed by atoms with Crippen molar-refractivity contribution < 1.29 is 19.0 Å². The molecule has 132 valence electrons. The lowest BCUT2D eigenvalue weighted by atomic mass is 10.0. The van der Waals surface area contributed by atoms with Gasteiger partial charge in [-0.05, 0) is 41.0 Å². The average Bonchev–Trinajstić information content (AvgIpc) is 2.63. The van der Waals surface area contributed by atoms with Crippen molar-refractivity contribution in [3.8, 4) is 16.9 Å². The fourth-order valence-electron chi connectivity index (χ4n) is 2.61. The van der Waals surface area contributed by atoms with Gasteiger partial charge in [0.1, 0.15) is 18.2 Å². The summed E-state index contributed by atoms with van der Waals surface area (Å²) in [5.41, 5.74) is 2.99. The minimum atomic E-state index is -0.955. The van der Waals surface area contributed by atoms with Crippen molar-refractivity contribution >= 4 is 17.6 Å². The van der Waals surface area contributed by atoms with E-state index < -0.39 is 11.8 Å². The predicted octanol–water partition coefficient (Wildman–Crippen LogP) is 5.35. The Balaban J connectivity index is 1.89. The Kier molecular flexibility index (Phi) is 5.54. The third kappa shape index (κ3) is 4.41. The molecular formula is C21H16ClFO3. The van der Waals surface area contributed by atoms with Gasteiger partial charge in [-0.25, -0.2) is 4.39 Å². The number of rotatable bonds is 6. The van der Waals surface area contributed by atoms with E-state index in [-0.39, 0.29) is 11.4 Å². The third-order valence-electron chi connectivity index (χ3n) is 3.89. The predicted molar refractivity (Wildman–Crippen MR) is 99.0 cm³/mol. The molecule has 3 rings (SSSR count). The fraction of sp³-hybridized carbons (Fsp3) is 0.0952. The molecule has 0 atom stereocenters. The number of carbonyl (C=O) groups is 1. The van der Waals surface area contributed by atoms with E-state index in [0.717, 1.165) is 11.1 Å². The lowest BCUT2D eigenvalue weighted by Crippen LogP contribution is -2.04. The van der Waals surface area contributed by atoms with Gasteiger partial charge in [-0.1, -0.05) is 54.1 Å². The van der Waals surface area contributed by atoms with Gasteiger partial charge in [0, 0.05) is 5.56 Å². The van der Waals surface area contributed by atoms with E-state index in [4.69, 9.17) is 16.3 Å². The molecule has 0 fully saturated rings. The van der Waals surface area contributed by atoms with Crippen LogP contribution in [0.25, 0.3) is 11.1 Å². The molecule has 5 heteroatoms. The van der Waals surface area contributed by atoms with Crippen LogP contribution in [0.5, 0.6) is 5.75 Å². The lowest BCUT2D eigenvalue weighted by molar-refractivity contribution is -0.136. The van der Waals surface area contributed by atoms with Crippen LogP contribution >= 0.6 is 11.6 Å². The smallest absolute Gasteiger partial charge is 0.307 e. The molecule has 0 heterocycles. The highest BCUT2D eigenvalue weighted by molar-refractivity contribution is 6.31. The Morgan fingerprint density at radius 1 is 1.00 bits per heavy atom. The van der Waals surface area contributed by atoms with Gasteiger partial charge in [0.05, 0.1) is 11.4 Å². The van der Waals surface area contributed by atoms with Gasteiger partial charge in [-0.2, -0.15) is 0 Å². The van der Waals surface area contributed by atoms with E-state index in [1.807, 2.05) is 30.3 Å². The zero-order chi connectivity index (χ0) is 18.5. The summed E-state index contributed by atoms with van der Waals surface area (Å²) in [7, 11) is 0. The van der Waals surface area contributed by atoms with E-state index in [2.05, 4.69) is 0 Å². The summed E-state index contributed by atoms with van der Waals surface area (Å²) in [6, 6.07) is 19.3. The molecule has 0 spiro atoms. The molecular weight excluding hydrogens is 355 g/mol. The molecule has 3 aromatic carbocycles. The molecule has 0 saturated carbocycles. The summed E-state index contributed by atoms with van der Waals surface area (Å²) in [5.74, 6) is -0.943. The van der Waals surface area contributed by atoms with Crippen LogP contribution < -0.4 is 4.74 Å². The Morgan fingerprint density at radius 2 is 1.69 bits per heavy atom. The van der Waals surface area contributed by atoms with Crippen LogP contribution in [0.15, 0.2) is 66.7 Å². The third-order valence-corrected chi connectivity index (χ3v) is 4.18. The van der Waals surface area contributed by atoms with Crippen LogP contribution in [0.3, 0.4) is 0 Å². The monoisotopic (exact) mass is 370 g/mol. The van der Waals surface area contributed by atoms with Crippen LogP contribution in [0.2, 0.25) is 5.02 Å². The molecule has 0 aliphatic heterocycles. The van der Waals surface area contributed by atoms with Gasteiger partial charge in [-0.3, -0.25) is 4.79 Å². The molecule has 1 N–H and O–H groups in total. The lowest BCUT2D eigenvalue weighted by Gasteiger charge is -2.13. The first-order valence-corrected chi connectivity index (χ1v) is 8.37. The summed E-state index contributed by atoms with van der Waals surface area (Å²) in [6.45, 7) is 0.342. The maximum Gasteiger partial charge on any atom is 0.307 e. The quantitative estimate of drug-likeness (QED) is 0.636. The maximum absolute atomic E-state index is 13.4. The number of hydrogen-bond acceptors (Lipinski definition) is 2. The number of carboxylic acids is 1. The van der Waals surface area contributed by atoms with Gasteiger partial charge in [0.15, 0.2) is 0 Å². The molecule has 0 aliphatic carbocycles. The van der Waals surface area contributed by atoms with Crippen molar-refractivity contribution in [1.82, 2.24) is 0 Å². The van der Waals surface area contributed by atoms with E-state index >= 15 is 0 Å². The summed E-state index contributed by atoms with van der Waals surface area (Å²) in [6.07, 6.45) is -0.174. The van der Waals surface area contributed by atoms with Crippen LogP contribution in [0.4, 0.5) is 4.39 Å². The molecule has 0 unspecified atom stereocenters. The average molecular weight is 371 g/mol. The molecule has 0 aromatic heterocycles. The summed E-state index contributed by atoms with van der Waals surface area (Å²) >= 11 is 5.84. The van der Waals surface area contributed by atoms with Gasteiger partial charge in [0.2, 0.25) is 0 Å². The van der Waals surface area contributed by atoms with Crippen LogP contribution in [0.1, 0.15) is 11.1 Å². The number of aliphatic carboxylic acids is 1. The first-order valence-electron chi connectivity index (χ1n) is 8.00. The minimum Gasteiger partial charge on any atom is -0.489 e. The topological polar surface area (TPSA) is 46.5 Å². The van der Waals surface area contributed by atoms with E-state index in [1.54, 1.807) is 24.3 Å². The standard InChI is InChI=1S/C21H16ClFO3/c22-18-11-16(6-8-19(18)23)15-7-9-20(17(10-15)12-21(24)25)26-13-14-4-2-1-3-5-14/h1-11H,12-13H2,(H,24,25). The highest BCUT2D eigenvalue weighted by Crippen LogP contribution is 2.30. The van der Waals surface area contributed by atoms with E-state index in [9.17, 15) is 14.3 Å². The van der Waals surface area contributed by atoms with Crippen molar-refractivity contribution in [2.24, 2.45) is 0 Å². The van der Waals surface area contributed by atoms with E-state index in [0.29, 0.717) is 23.5 Å². The van der Waals surface area contributed by atoms with Crippen molar-refractivity contribution in [1.29, 1.82) is 0 Å². The molecule has 0 aliphatic rings. The maximum atomic E-state index is 13.4. The second-order valence-electron chi connectivity index (χ2n) is 5.80. The normalized spacial score (nSPS) is 10.5. The van der Waals surface area contributed by atoms with Gasteiger partial charge in [0.25, 0.3) is 0 Å². The van der Waals surface area contributed by atoms with Crippen LogP contribution in [-0.4, -0.2) is 11.1 Å². The molecule has 0 bridgehead atoms. The Morgan fingerprint density at radius 3 is 2.38 bits per heavy atom. The van der Waals surface area contributed by atoms with E-state index in [1.165, 1.54) is 12.1 Å². The van der Waals surface area contributed by atoms with Crippen molar-refractivity contribution in [3.63, 3.8) is 0 Å². The molecule has 0 radical (unpaired) electrons. The van der Waals surface area contributed by atoms with Gasteiger partial charge >= 0.3 is 5.97 Å². The highest BCUT2D eigenvalue weighted by Gasteiger charge is 2.12. The zero-order valence-corrected chi connectivity index (χ0v) is 14.5. The van der Waals surface area contributed by atoms with Gasteiger partial charge < -0.3 is 9.84 Å². The van der Waals surface area contributed by atoms with Crippen molar-refractivity contribution in [2.75, 3.05) is 0 Å². The minimum absolute atomic E-state index is 0.0201. The first kappa shape index (κ1) is 18.0. The van der Waals surface area contributed by atoms with Crippen LogP contribution in [-0.2, 0) is 17.8 Å². The van der Waals surface area contributed by atoms with Crippen LogP contribution in [0, 0.1) is 5.82 Å². The Bertz CT molecular complexity index is 926. The summed E-state index contributed by atoms with van der Waals surface area (Å²) < 4.78 is 19.2. The number of benzene rings is 3. The highest BCUT2D eigenvalue weighted by atomic mass is 35.5.